The molecule has 1 aliphatic heterocycles. The highest BCUT2D eigenvalue weighted by molar-refractivity contribution is 7.91. The standard InChI is InChI=1S/C14H22N2O2S/c1-2-10-19(17,18)14-7-5-13(6-8-14)16-9-3-4-12(15)11-16/h5-8,12H,2-4,9-11,15H2,1H3. The molecule has 2 rings (SSSR count). The maximum absolute atomic E-state index is 11.9. The molecule has 1 aromatic carbocycles. The first-order chi connectivity index (χ1) is 9.03. The summed E-state index contributed by atoms with van der Waals surface area (Å²) in [5.41, 5.74) is 7.02. The van der Waals surface area contributed by atoms with Crippen molar-refractivity contribution in [2.24, 2.45) is 5.73 Å². The zero-order chi connectivity index (χ0) is 13.9. The maximum atomic E-state index is 11.9. The van der Waals surface area contributed by atoms with Crippen molar-refractivity contribution in [3.8, 4) is 0 Å². The minimum absolute atomic E-state index is 0.209. The average Bonchev–Trinajstić information content (AvgIpc) is 2.39. The van der Waals surface area contributed by atoms with Crippen LogP contribution in [0.15, 0.2) is 29.2 Å². The molecule has 0 bridgehead atoms. The summed E-state index contributed by atoms with van der Waals surface area (Å²) in [7, 11) is -3.11. The first-order valence-corrected chi connectivity index (χ1v) is 8.51. The number of sulfone groups is 1. The molecule has 1 aliphatic rings. The van der Waals surface area contributed by atoms with Gasteiger partial charge in [0.25, 0.3) is 0 Å². The molecule has 0 radical (unpaired) electrons. The number of benzene rings is 1. The monoisotopic (exact) mass is 282 g/mol. The average molecular weight is 282 g/mol. The topological polar surface area (TPSA) is 63.4 Å². The Morgan fingerprint density at radius 2 is 2.00 bits per heavy atom. The summed E-state index contributed by atoms with van der Waals surface area (Å²) in [6, 6.07) is 7.42. The quantitative estimate of drug-likeness (QED) is 0.914. The van der Waals surface area contributed by atoms with Crippen LogP contribution in [0.3, 0.4) is 0 Å². The van der Waals surface area contributed by atoms with Crippen molar-refractivity contribution in [2.45, 2.75) is 37.1 Å². The predicted molar refractivity (Wildman–Crippen MR) is 78.2 cm³/mol. The second kappa shape index (κ2) is 5.92. The Kier molecular flexibility index (Phi) is 4.47. The van der Waals surface area contributed by atoms with E-state index >= 15 is 0 Å². The first kappa shape index (κ1) is 14.3. The predicted octanol–water partition coefficient (Wildman–Crippen LogP) is 1.80. The van der Waals surface area contributed by atoms with Gasteiger partial charge in [0.15, 0.2) is 9.84 Å². The van der Waals surface area contributed by atoms with E-state index in [0.29, 0.717) is 11.3 Å². The van der Waals surface area contributed by atoms with Gasteiger partial charge in [-0.05, 0) is 43.5 Å². The third kappa shape index (κ3) is 3.48. The zero-order valence-corrected chi connectivity index (χ0v) is 12.2. The van der Waals surface area contributed by atoms with Crippen LogP contribution < -0.4 is 10.6 Å². The van der Waals surface area contributed by atoms with Gasteiger partial charge in [0, 0.05) is 24.8 Å². The highest BCUT2D eigenvalue weighted by atomic mass is 32.2. The third-order valence-electron chi connectivity index (χ3n) is 3.49. The van der Waals surface area contributed by atoms with E-state index in [-0.39, 0.29) is 11.8 Å². The van der Waals surface area contributed by atoms with Crippen molar-refractivity contribution < 1.29 is 8.42 Å². The molecule has 0 spiro atoms. The van der Waals surface area contributed by atoms with Crippen LogP contribution in [0.1, 0.15) is 26.2 Å². The number of hydrogen-bond donors (Lipinski definition) is 1. The van der Waals surface area contributed by atoms with E-state index in [0.717, 1.165) is 31.6 Å². The van der Waals surface area contributed by atoms with Crippen LogP contribution in [0.25, 0.3) is 0 Å². The molecule has 2 N–H and O–H groups in total. The van der Waals surface area contributed by atoms with Gasteiger partial charge in [0.05, 0.1) is 10.6 Å². The van der Waals surface area contributed by atoms with Gasteiger partial charge in [-0.25, -0.2) is 8.42 Å². The van der Waals surface area contributed by atoms with Gasteiger partial charge in [-0.3, -0.25) is 0 Å². The maximum Gasteiger partial charge on any atom is 0.178 e. The smallest absolute Gasteiger partial charge is 0.178 e. The van der Waals surface area contributed by atoms with E-state index in [1.807, 2.05) is 19.1 Å². The van der Waals surface area contributed by atoms with Crippen molar-refractivity contribution in [1.29, 1.82) is 0 Å². The summed E-state index contributed by atoms with van der Waals surface area (Å²) in [5, 5.41) is 0. The van der Waals surface area contributed by atoms with Crippen molar-refractivity contribution >= 4 is 15.5 Å². The summed E-state index contributed by atoms with van der Waals surface area (Å²) >= 11 is 0. The summed E-state index contributed by atoms with van der Waals surface area (Å²) < 4.78 is 23.9. The molecule has 1 aromatic rings. The number of hydrogen-bond acceptors (Lipinski definition) is 4. The normalized spacial score (nSPS) is 20.5. The van der Waals surface area contributed by atoms with Gasteiger partial charge in [-0.1, -0.05) is 6.92 Å². The lowest BCUT2D eigenvalue weighted by Gasteiger charge is -2.32. The van der Waals surface area contributed by atoms with Crippen LogP contribution in [-0.2, 0) is 9.84 Å². The van der Waals surface area contributed by atoms with E-state index in [2.05, 4.69) is 4.90 Å². The Labute approximate surface area is 115 Å². The Balaban J connectivity index is 2.14. The molecule has 0 saturated carbocycles. The van der Waals surface area contributed by atoms with E-state index in [1.165, 1.54) is 0 Å². The molecule has 5 heteroatoms. The SMILES string of the molecule is CCCS(=O)(=O)c1ccc(N2CCCC(N)C2)cc1. The molecule has 0 aromatic heterocycles. The van der Waals surface area contributed by atoms with Crippen molar-refractivity contribution in [3.63, 3.8) is 0 Å². The highest BCUT2D eigenvalue weighted by Crippen LogP contribution is 2.22. The largest absolute Gasteiger partial charge is 0.370 e. The van der Waals surface area contributed by atoms with Crippen LogP contribution >= 0.6 is 0 Å². The molecule has 1 heterocycles. The molecule has 1 atom stereocenters. The Bertz CT molecular complexity index is 511. The van der Waals surface area contributed by atoms with Gasteiger partial charge in [0.2, 0.25) is 0 Å². The second-order valence-corrected chi connectivity index (χ2v) is 7.27. The Morgan fingerprint density at radius 1 is 1.32 bits per heavy atom. The lowest BCUT2D eigenvalue weighted by molar-refractivity contribution is 0.506. The molecular weight excluding hydrogens is 260 g/mol. The van der Waals surface area contributed by atoms with Crippen LogP contribution in [-0.4, -0.2) is 33.3 Å². The van der Waals surface area contributed by atoms with Crippen molar-refractivity contribution in [3.05, 3.63) is 24.3 Å². The van der Waals surface area contributed by atoms with E-state index in [1.54, 1.807) is 12.1 Å². The van der Waals surface area contributed by atoms with E-state index < -0.39 is 9.84 Å². The molecule has 0 amide bonds. The summed E-state index contributed by atoms with van der Waals surface area (Å²) in [6.07, 6.45) is 2.81. The Hall–Kier alpha value is -1.07. The fourth-order valence-electron chi connectivity index (χ4n) is 2.50. The molecule has 106 valence electrons. The lowest BCUT2D eigenvalue weighted by Crippen LogP contribution is -2.42. The fourth-order valence-corrected chi connectivity index (χ4v) is 3.82. The summed E-state index contributed by atoms with van der Waals surface area (Å²) in [4.78, 5) is 2.64. The minimum Gasteiger partial charge on any atom is -0.370 e. The zero-order valence-electron chi connectivity index (χ0n) is 11.4. The van der Waals surface area contributed by atoms with Crippen LogP contribution in [0.5, 0.6) is 0 Å². The number of rotatable bonds is 4. The molecule has 1 fully saturated rings. The number of nitrogens with zero attached hydrogens (tertiary/aromatic N) is 1. The van der Waals surface area contributed by atoms with E-state index in [9.17, 15) is 8.42 Å². The molecule has 0 aliphatic carbocycles. The number of piperidine rings is 1. The van der Waals surface area contributed by atoms with Crippen LogP contribution in [0.4, 0.5) is 5.69 Å². The van der Waals surface area contributed by atoms with Gasteiger partial charge >= 0.3 is 0 Å². The Morgan fingerprint density at radius 3 is 2.58 bits per heavy atom. The van der Waals surface area contributed by atoms with Crippen molar-refractivity contribution in [1.82, 2.24) is 0 Å². The summed E-state index contributed by atoms with van der Waals surface area (Å²) in [5.74, 6) is 0.209. The molecule has 4 nitrogen and oxygen atoms in total. The minimum atomic E-state index is -3.11. The van der Waals surface area contributed by atoms with E-state index in [4.69, 9.17) is 5.73 Å². The van der Waals surface area contributed by atoms with Gasteiger partial charge in [-0.15, -0.1) is 0 Å². The van der Waals surface area contributed by atoms with Crippen LogP contribution in [0.2, 0.25) is 0 Å². The molecule has 1 unspecified atom stereocenters. The summed E-state index contributed by atoms with van der Waals surface area (Å²) in [6.45, 7) is 3.72. The van der Waals surface area contributed by atoms with Crippen molar-refractivity contribution in [2.75, 3.05) is 23.7 Å². The number of anilines is 1. The third-order valence-corrected chi connectivity index (χ3v) is 5.43. The lowest BCUT2D eigenvalue weighted by atomic mass is 10.1. The molecule has 1 saturated heterocycles. The fraction of sp³-hybridized carbons (Fsp3) is 0.571. The molecular formula is C14H22N2O2S. The first-order valence-electron chi connectivity index (χ1n) is 6.86. The van der Waals surface area contributed by atoms with Gasteiger partial charge < -0.3 is 10.6 Å². The highest BCUT2D eigenvalue weighted by Gasteiger charge is 2.18. The second-order valence-electron chi connectivity index (χ2n) is 5.16. The van der Waals surface area contributed by atoms with Gasteiger partial charge in [-0.2, -0.15) is 0 Å². The number of nitrogens with two attached hydrogens (primary N) is 1. The molecule has 19 heavy (non-hydrogen) atoms. The van der Waals surface area contributed by atoms with Crippen LogP contribution in [0, 0.1) is 0 Å². The van der Waals surface area contributed by atoms with Gasteiger partial charge in [0.1, 0.15) is 0 Å².